The number of hydrogen-bond acceptors (Lipinski definition) is 7. The number of imidazole rings is 1. The number of likely N-dealkylation sites (tertiary alicyclic amines) is 1. The summed E-state index contributed by atoms with van der Waals surface area (Å²) in [5.74, 6) is 1.44. The van der Waals surface area contributed by atoms with Crippen LogP contribution in [0.1, 0.15) is 12.8 Å². The third-order valence-electron chi connectivity index (χ3n) is 6.30. The number of nitrogens with one attached hydrogen (secondary N) is 3. The van der Waals surface area contributed by atoms with E-state index in [0.717, 1.165) is 57.7 Å². The molecule has 2 aromatic carbocycles. The molecule has 0 saturated carbocycles. The summed E-state index contributed by atoms with van der Waals surface area (Å²) in [6, 6.07) is 16.2. The average molecular weight is 451 g/mol. The number of H-pyrrole nitrogens is 1. The number of rotatable bonds is 7. The number of aromatic nitrogens is 5. The maximum absolute atomic E-state index is 4.83. The highest BCUT2D eigenvalue weighted by molar-refractivity contribution is 5.94. The molecule has 0 spiro atoms. The van der Waals surface area contributed by atoms with Gasteiger partial charge in [0.25, 0.3) is 0 Å². The Morgan fingerprint density at radius 3 is 2.76 bits per heavy atom. The zero-order valence-corrected chi connectivity index (χ0v) is 18.8. The van der Waals surface area contributed by atoms with Gasteiger partial charge < -0.3 is 20.5 Å². The zero-order valence-electron chi connectivity index (χ0n) is 18.8. The van der Waals surface area contributed by atoms with Gasteiger partial charge in [-0.3, -0.25) is 0 Å². The fraction of sp³-hybridized carbons (Fsp3) is 0.231. The van der Waals surface area contributed by atoms with Crippen molar-refractivity contribution in [2.75, 3.05) is 36.8 Å². The lowest BCUT2D eigenvalue weighted by molar-refractivity contribution is 0.352. The van der Waals surface area contributed by atoms with Crippen LogP contribution in [0.15, 0.2) is 67.3 Å². The Hall–Kier alpha value is -4.04. The molecule has 170 valence electrons. The largest absolute Gasteiger partial charge is 0.369 e. The summed E-state index contributed by atoms with van der Waals surface area (Å²) in [7, 11) is 0. The summed E-state index contributed by atoms with van der Waals surface area (Å²) < 4.78 is 0. The van der Waals surface area contributed by atoms with Crippen LogP contribution in [0, 0.1) is 0 Å². The fourth-order valence-electron chi connectivity index (χ4n) is 4.49. The van der Waals surface area contributed by atoms with Crippen LogP contribution in [0.2, 0.25) is 0 Å². The minimum atomic E-state index is 0.544. The van der Waals surface area contributed by atoms with Gasteiger partial charge in [0, 0.05) is 47.7 Å². The summed E-state index contributed by atoms with van der Waals surface area (Å²) in [5, 5.41) is 7.73. The molecule has 8 heteroatoms. The van der Waals surface area contributed by atoms with Crippen molar-refractivity contribution in [2.24, 2.45) is 0 Å². The lowest BCUT2D eigenvalue weighted by Crippen LogP contribution is -2.26. The number of pyridine rings is 1. The lowest BCUT2D eigenvalue weighted by Gasteiger charge is -2.15. The highest BCUT2D eigenvalue weighted by Gasteiger charge is 2.11. The quantitative estimate of drug-likeness (QED) is 0.327. The van der Waals surface area contributed by atoms with Crippen molar-refractivity contribution < 1.29 is 0 Å². The first-order valence-electron chi connectivity index (χ1n) is 11.7. The zero-order chi connectivity index (χ0) is 22.7. The number of anilines is 3. The van der Waals surface area contributed by atoms with E-state index in [1.807, 2.05) is 48.8 Å². The van der Waals surface area contributed by atoms with Crippen LogP contribution in [0.3, 0.4) is 0 Å². The SMILES string of the molecule is c1cc(-c2ccc(NCCN3CCCC3)nc2)c2nc(Nc3ccc4[nH]cnc4c3)ncc2c1. The van der Waals surface area contributed by atoms with E-state index in [1.165, 1.54) is 25.9 Å². The molecule has 1 saturated heterocycles. The first-order valence-corrected chi connectivity index (χ1v) is 11.7. The minimum absolute atomic E-state index is 0.544. The van der Waals surface area contributed by atoms with Crippen molar-refractivity contribution in [1.29, 1.82) is 0 Å². The minimum Gasteiger partial charge on any atom is -0.369 e. The predicted octanol–water partition coefficient (Wildman–Crippen LogP) is 4.82. The summed E-state index contributed by atoms with van der Waals surface area (Å²) in [4.78, 5) is 23.9. The van der Waals surface area contributed by atoms with Crippen molar-refractivity contribution in [1.82, 2.24) is 29.8 Å². The maximum atomic E-state index is 4.83. The van der Waals surface area contributed by atoms with Gasteiger partial charge in [-0.1, -0.05) is 18.2 Å². The number of fused-ring (bicyclic) bond motifs is 2. The van der Waals surface area contributed by atoms with Gasteiger partial charge in [0.2, 0.25) is 5.95 Å². The predicted molar refractivity (Wildman–Crippen MR) is 136 cm³/mol. The molecule has 1 fully saturated rings. The van der Waals surface area contributed by atoms with E-state index < -0.39 is 0 Å². The van der Waals surface area contributed by atoms with Crippen LogP contribution in [0.4, 0.5) is 17.5 Å². The molecule has 8 nitrogen and oxygen atoms in total. The summed E-state index contributed by atoms with van der Waals surface area (Å²) in [6.45, 7) is 4.40. The fourth-order valence-corrected chi connectivity index (χ4v) is 4.49. The molecule has 0 unspecified atom stereocenters. The van der Waals surface area contributed by atoms with Crippen molar-refractivity contribution in [3.05, 3.63) is 67.3 Å². The molecule has 0 bridgehead atoms. The lowest BCUT2D eigenvalue weighted by atomic mass is 10.0. The third-order valence-corrected chi connectivity index (χ3v) is 6.30. The van der Waals surface area contributed by atoms with Crippen LogP contribution in [-0.2, 0) is 0 Å². The second-order valence-electron chi connectivity index (χ2n) is 8.60. The maximum Gasteiger partial charge on any atom is 0.227 e. The van der Waals surface area contributed by atoms with Crippen molar-refractivity contribution in [2.45, 2.75) is 12.8 Å². The molecule has 1 aliphatic heterocycles. The smallest absolute Gasteiger partial charge is 0.227 e. The monoisotopic (exact) mass is 450 g/mol. The van der Waals surface area contributed by atoms with Gasteiger partial charge in [0.15, 0.2) is 0 Å². The Balaban J connectivity index is 1.22. The molecule has 1 aliphatic rings. The first-order chi connectivity index (χ1) is 16.8. The molecule has 5 aromatic rings. The number of aromatic amines is 1. The van der Waals surface area contributed by atoms with Gasteiger partial charge in [-0.05, 0) is 56.3 Å². The highest BCUT2D eigenvalue weighted by Crippen LogP contribution is 2.28. The van der Waals surface area contributed by atoms with Crippen LogP contribution < -0.4 is 10.6 Å². The van der Waals surface area contributed by atoms with Crippen LogP contribution >= 0.6 is 0 Å². The number of benzene rings is 2. The van der Waals surface area contributed by atoms with E-state index in [4.69, 9.17) is 4.98 Å². The molecule has 3 N–H and O–H groups in total. The Morgan fingerprint density at radius 2 is 1.88 bits per heavy atom. The van der Waals surface area contributed by atoms with Crippen molar-refractivity contribution in [3.8, 4) is 11.1 Å². The standard InChI is InChI=1S/C26H26N8/c1-2-12-34(11-1)13-10-27-24-9-6-18(15-28-24)21-5-3-4-19-16-29-26(33-25(19)21)32-20-7-8-22-23(14-20)31-17-30-22/h3-9,14-17H,1-2,10-13H2,(H,27,28)(H,30,31)(H,29,32,33). The molecule has 0 atom stereocenters. The van der Waals surface area contributed by atoms with Crippen LogP contribution in [0.5, 0.6) is 0 Å². The van der Waals surface area contributed by atoms with Gasteiger partial charge in [0.1, 0.15) is 5.82 Å². The Bertz CT molecular complexity index is 1420. The second-order valence-corrected chi connectivity index (χ2v) is 8.60. The van der Waals surface area contributed by atoms with E-state index in [0.29, 0.717) is 5.95 Å². The molecule has 34 heavy (non-hydrogen) atoms. The molecule has 0 aliphatic carbocycles. The number of nitrogens with zero attached hydrogens (tertiary/aromatic N) is 5. The molecule has 3 aromatic heterocycles. The molecule has 0 amide bonds. The molecular weight excluding hydrogens is 424 g/mol. The van der Waals surface area contributed by atoms with Crippen LogP contribution in [0.25, 0.3) is 33.1 Å². The van der Waals surface area contributed by atoms with Crippen molar-refractivity contribution >= 4 is 39.4 Å². The average Bonchev–Trinajstić information content (AvgIpc) is 3.56. The summed E-state index contributed by atoms with van der Waals surface area (Å²) in [6.07, 6.45) is 8.09. The molecule has 4 heterocycles. The highest BCUT2D eigenvalue weighted by atomic mass is 15.2. The Morgan fingerprint density at radius 1 is 0.941 bits per heavy atom. The normalized spacial score (nSPS) is 14.1. The Kier molecular flexibility index (Phi) is 5.48. The van der Waals surface area contributed by atoms with E-state index in [9.17, 15) is 0 Å². The molecule has 0 radical (unpaired) electrons. The second kappa shape index (κ2) is 9.07. The van der Waals surface area contributed by atoms with Gasteiger partial charge in [-0.2, -0.15) is 0 Å². The van der Waals surface area contributed by atoms with Gasteiger partial charge in [0.05, 0.1) is 22.9 Å². The topological polar surface area (TPSA) is 94.7 Å². The third kappa shape index (κ3) is 4.27. The number of para-hydroxylation sites is 1. The van der Waals surface area contributed by atoms with Gasteiger partial charge >= 0.3 is 0 Å². The van der Waals surface area contributed by atoms with Crippen molar-refractivity contribution in [3.63, 3.8) is 0 Å². The number of hydrogen-bond donors (Lipinski definition) is 3. The van der Waals surface area contributed by atoms with E-state index in [1.54, 1.807) is 6.33 Å². The Labute approximate surface area is 197 Å². The van der Waals surface area contributed by atoms with Gasteiger partial charge in [-0.15, -0.1) is 0 Å². The molecular formula is C26H26N8. The van der Waals surface area contributed by atoms with E-state index in [-0.39, 0.29) is 0 Å². The van der Waals surface area contributed by atoms with Crippen LogP contribution in [-0.4, -0.2) is 56.0 Å². The van der Waals surface area contributed by atoms with E-state index >= 15 is 0 Å². The molecule has 6 rings (SSSR count). The van der Waals surface area contributed by atoms with E-state index in [2.05, 4.69) is 47.6 Å². The first kappa shape index (κ1) is 20.6. The summed E-state index contributed by atoms with van der Waals surface area (Å²) >= 11 is 0. The summed E-state index contributed by atoms with van der Waals surface area (Å²) in [5.41, 5.74) is 5.72. The van der Waals surface area contributed by atoms with Gasteiger partial charge in [-0.25, -0.2) is 19.9 Å².